The minimum absolute atomic E-state index is 0.118. The van der Waals surface area contributed by atoms with Gasteiger partial charge in [-0.05, 0) is 25.2 Å². The summed E-state index contributed by atoms with van der Waals surface area (Å²) in [7, 11) is 0. The first-order valence-electron chi connectivity index (χ1n) is 7.80. The third kappa shape index (κ3) is 3.41. The molecular weight excluding hydrogens is 318 g/mol. The summed E-state index contributed by atoms with van der Waals surface area (Å²) in [5.41, 5.74) is -0.146. The smallest absolute Gasteiger partial charge is 0.303 e. The monoisotopic (exact) mass is 337 g/mol. The SMILES string of the molecule is O=C(O)CCC1CCCN(C(=O)c2cnc3n(c2=O)CCS3)C1. The Bertz CT molecular complexity index is 688. The molecule has 1 amide bonds. The van der Waals surface area contributed by atoms with E-state index in [2.05, 4.69) is 4.98 Å². The molecule has 3 heterocycles. The Morgan fingerprint density at radius 1 is 1.39 bits per heavy atom. The van der Waals surface area contributed by atoms with Crippen molar-refractivity contribution in [3.05, 3.63) is 22.1 Å². The highest BCUT2D eigenvalue weighted by molar-refractivity contribution is 7.99. The van der Waals surface area contributed by atoms with E-state index in [1.807, 2.05) is 0 Å². The van der Waals surface area contributed by atoms with Crippen LogP contribution in [0.2, 0.25) is 0 Å². The van der Waals surface area contributed by atoms with Gasteiger partial charge in [0.05, 0.1) is 0 Å². The van der Waals surface area contributed by atoms with Crippen LogP contribution in [0.15, 0.2) is 16.1 Å². The van der Waals surface area contributed by atoms with E-state index in [1.54, 1.807) is 9.47 Å². The second kappa shape index (κ2) is 6.74. The van der Waals surface area contributed by atoms with Crippen molar-refractivity contribution >= 4 is 23.6 Å². The first kappa shape index (κ1) is 16.0. The minimum Gasteiger partial charge on any atom is -0.481 e. The van der Waals surface area contributed by atoms with Crippen LogP contribution in [0.1, 0.15) is 36.0 Å². The van der Waals surface area contributed by atoms with Gasteiger partial charge in [0.25, 0.3) is 11.5 Å². The van der Waals surface area contributed by atoms with E-state index in [0.717, 1.165) is 18.6 Å². The van der Waals surface area contributed by atoms with Crippen molar-refractivity contribution in [1.82, 2.24) is 14.5 Å². The lowest BCUT2D eigenvalue weighted by Crippen LogP contribution is -2.42. The lowest BCUT2D eigenvalue weighted by atomic mass is 9.93. The highest BCUT2D eigenvalue weighted by Crippen LogP contribution is 2.23. The maximum atomic E-state index is 12.7. The van der Waals surface area contributed by atoms with Gasteiger partial charge >= 0.3 is 5.97 Å². The van der Waals surface area contributed by atoms with Gasteiger partial charge in [0.1, 0.15) is 5.56 Å². The number of carboxylic acid groups (broad SMARTS) is 1. The Morgan fingerprint density at radius 3 is 3.00 bits per heavy atom. The topological polar surface area (TPSA) is 92.5 Å². The van der Waals surface area contributed by atoms with Crippen molar-refractivity contribution < 1.29 is 14.7 Å². The van der Waals surface area contributed by atoms with Crippen LogP contribution in [-0.2, 0) is 11.3 Å². The average molecular weight is 337 g/mol. The fourth-order valence-corrected chi connectivity index (χ4v) is 4.06. The Balaban J connectivity index is 1.73. The molecule has 3 rings (SSSR count). The summed E-state index contributed by atoms with van der Waals surface area (Å²) in [6.07, 6.45) is 3.83. The third-order valence-corrected chi connectivity index (χ3v) is 5.33. The van der Waals surface area contributed by atoms with Gasteiger partial charge in [-0.2, -0.15) is 0 Å². The number of fused-ring (bicyclic) bond motifs is 1. The first-order valence-corrected chi connectivity index (χ1v) is 8.78. The van der Waals surface area contributed by atoms with Crippen LogP contribution in [0.4, 0.5) is 0 Å². The van der Waals surface area contributed by atoms with Crippen LogP contribution in [0.25, 0.3) is 0 Å². The molecule has 8 heteroatoms. The molecule has 1 saturated heterocycles. The average Bonchev–Trinajstić information content (AvgIpc) is 3.02. The molecule has 124 valence electrons. The van der Waals surface area contributed by atoms with Crippen molar-refractivity contribution in [3.63, 3.8) is 0 Å². The number of carbonyl (C=O) groups is 2. The molecule has 0 bridgehead atoms. The van der Waals surface area contributed by atoms with Crippen LogP contribution in [0.5, 0.6) is 0 Å². The standard InChI is InChI=1S/C15H19N3O4S/c19-12(20)4-3-10-2-1-5-17(9-10)13(21)11-8-16-15-18(14(11)22)6-7-23-15/h8,10H,1-7,9H2,(H,19,20). The summed E-state index contributed by atoms with van der Waals surface area (Å²) in [6, 6.07) is 0. The van der Waals surface area contributed by atoms with Gasteiger partial charge in [-0.15, -0.1) is 0 Å². The summed E-state index contributed by atoms with van der Waals surface area (Å²) in [5.74, 6) is -0.104. The van der Waals surface area contributed by atoms with E-state index in [1.165, 1.54) is 18.0 Å². The van der Waals surface area contributed by atoms with E-state index in [0.29, 0.717) is 31.2 Å². The Morgan fingerprint density at radius 2 is 2.22 bits per heavy atom. The number of carbonyl (C=O) groups excluding carboxylic acids is 1. The first-order chi connectivity index (χ1) is 11.1. The molecule has 1 fully saturated rings. The summed E-state index contributed by atoms with van der Waals surface area (Å²) in [6.45, 7) is 1.72. The molecule has 23 heavy (non-hydrogen) atoms. The molecule has 1 unspecified atom stereocenters. The van der Waals surface area contributed by atoms with Crippen molar-refractivity contribution in [1.29, 1.82) is 0 Å². The Kier molecular flexibility index (Phi) is 4.70. The van der Waals surface area contributed by atoms with Gasteiger partial charge in [0, 0.05) is 38.0 Å². The maximum Gasteiger partial charge on any atom is 0.303 e. The zero-order chi connectivity index (χ0) is 16.4. The predicted octanol–water partition coefficient (Wildman–Crippen LogP) is 1.07. The van der Waals surface area contributed by atoms with Gasteiger partial charge in [0.2, 0.25) is 0 Å². The number of hydrogen-bond donors (Lipinski definition) is 1. The zero-order valence-electron chi connectivity index (χ0n) is 12.7. The predicted molar refractivity (Wildman–Crippen MR) is 84.7 cm³/mol. The van der Waals surface area contributed by atoms with Gasteiger partial charge in [0.15, 0.2) is 5.16 Å². The van der Waals surface area contributed by atoms with E-state index in [4.69, 9.17) is 5.11 Å². The number of likely N-dealkylation sites (tertiary alicyclic amines) is 1. The molecule has 0 spiro atoms. The van der Waals surface area contributed by atoms with Gasteiger partial charge in [-0.25, -0.2) is 4.98 Å². The number of aromatic nitrogens is 2. The molecule has 1 N–H and O–H groups in total. The summed E-state index contributed by atoms with van der Waals surface area (Å²) in [4.78, 5) is 41.7. The van der Waals surface area contributed by atoms with E-state index < -0.39 is 5.97 Å². The van der Waals surface area contributed by atoms with Crippen LogP contribution in [-0.4, -0.2) is 50.3 Å². The lowest BCUT2D eigenvalue weighted by Gasteiger charge is -2.32. The number of rotatable bonds is 4. The minimum atomic E-state index is -0.813. The number of aliphatic carboxylic acids is 1. The summed E-state index contributed by atoms with van der Waals surface area (Å²) < 4.78 is 1.56. The van der Waals surface area contributed by atoms with Crippen LogP contribution in [0, 0.1) is 5.92 Å². The van der Waals surface area contributed by atoms with Gasteiger partial charge < -0.3 is 10.0 Å². The fraction of sp³-hybridized carbons (Fsp3) is 0.600. The molecule has 1 atom stereocenters. The Hall–Kier alpha value is -1.83. The van der Waals surface area contributed by atoms with E-state index in [-0.39, 0.29) is 29.4 Å². The largest absolute Gasteiger partial charge is 0.481 e. The van der Waals surface area contributed by atoms with Crippen LogP contribution < -0.4 is 5.56 Å². The molecular formula is C15H19N3O4S. The molecule has 1 aromatic heterocycles. The second-order valence-corrected chi connectivity index (χ2v) is 7.01. The lowest BCUT2D eigenvalue weighted by molar-refractivity contribution is -0.137. The molecule has 0 radical (unpaired) electrons. The molecule has 1 aromatic rings. The molecule has 0 saturated carbocycles. The quantitative estimate of drug-likeness (QED) is 0.826. The second-order valence-electron chi connectivity index (χ2n) is 5.95. The number of nitrogens with zero attached hydrogens (tertiary/aromatic N) is 3. The number of hydrogen-bond acceptors (Lipinski definition) is 5. The number of carboxylic acids is 1. The summed E-state index contributed by atoms with van der Waals surface area (Å²) >= 11 is 1.52. The van der Waals surface area contributed by atoms with Gasteiger partial charge in [-0.1, -0.05) is 11.8 Å². The van der Waals surface area contributed by atoms with E-state index in [9.17, 15) is 14.4 Å². The fourth-order valence-electron chi connectivity index (χ4n) is 3.15. The normalized spacial score (nSPS) is 20.3. The third-order valence-electron chi connectivity index (χ3n) is 4.36. The van der Waals surface area contributed by atoms with Crippen molar-refractivity contribution in [2.75, 3.05) is 18.8 Å². The number of thioether (sulfide) groups is 1. The van der Waals surface area contributed by atoms with Crippen LogP contribution >= 0.6 is 11.8 Å². The maximum absolute atomic E-state index is 12.7. The highest BCUT2D eigenvalue weighted by atomic mass is 32.2. The number of piperidine rings is 1. The Labute approximate surface area is 137 Å². The van der Waals surface area contributed by atoms with E-state index >= 15 is 0 Å². The molecule has 2 aliphatic rings. The molecule has 0 aromatic carbocycles. The van der Waals surface area contributed by atoms with Crippen molar-refractivity contribution in [2.24, 2.45) is 5.92 Å². The zero-order valence-corrected chi connectivity index (χ0v) is 13.5. The van der Waals surface area contributed by atoms with Gasteiger partial charge in [-0.3, -0.25) is 19.0 Å². The summed E-state index contributed by atoms with van der Waals surface area (Å²) in [5, 5.41) is 9.46. The molecule has 0 aliphatic carbocycles. The van der Waals surface area contributed by atoms with Crippen molar-refractivity contribution in [2.45, 2.75) is 37.4 Å². The van der Waals surface area contributed by atoms with Crippen LogP contribution in [0.3, 0.4) is 0 Å². The highest BCUT2D eigenvalue weighted by Gasteiger charge is 2.28. The molecule has 7 nitrogen and oxygen atoms in total. The number of amides is 1. The van der Waals surface area contributed by atoms with Crippen molar-refractivity contribution in [3.8, 4) is 0 Å². The molecule has 2 aliphatic heterocycles.